The van der Waals surface area contributed by atoms with E-state index in [4.69, 9.17) is 9.97 Å². The molecule has 0 aliphatic carbocycles. The van der Waals surface area contributed by atoms with Crippen LogP contribution in [0.25, 0.3) is 32.0 Å². The topological polar surface area (TPSA) is 62.1 Å². The average Bonchev–Trinajstić information content (AvgIpc) is 3.24. The van der Waals surface area contributed by atoms with Gasteiger partial charge in [-0.05, 0) is 42.5 Å². The van der Waals surface area contributed by atoms with Crippen molar-refractivity contribution in [2.24, 2.45) is 5.92 Å². The fraction of sp³-hybridized carbons (Fsp3) is 0.261. The van der Waals surface area contributed by atoms with E-state index in [1.54, 1.807) is 17.5 Å². The quantitative estimate of drug-likeness (QED) is 0.539. The molecule has 146 valence electrons. The molecule has 1 fully saturated rings. The second-order valence-electron chi connectivity index (χ2n) is 7.44. The number of aliphatic hydroxyl groups is 1. The van der Waals surface area contributed by atoms with Gasteiger partial charge in [0.05, 0.1) is 5.39 Å². The predicted molar refractivity (Wildman–Crippen MR) is 118 cm³/mol. The Bertz CT molecular complexity index is 1110. The summed E-state index contributed by atoms with van der Waals surface area (Å²) in [5.41, 5.74) is 2.11. The first-order valence-corrected chi connectivity index (χ1v) is 10.8. The number of anilines is 1. The lowest BCUT2D eigenvalue weighted by atomic mass is 9.99. The van der Waals surface area contributed by atoms with Crippen LogP contribution < -0.4 is 4.90 Å². The number of piperidine rings is 1. The summed E-state index contributed by atoms with van der Waals surface area (Å²) in [5, 5.41) is 10.8. The van der Waals surface area contributed by atoms with E-state index in [1.165, 1.54) is 10.4 Å². The minimum Gasteiger partial charge on any atom is -0.396 e. The SMILES string of the molecule is OCC1CCCN(c2nc(-c3cccnc3)nc3sc(-c4ccccc4)cc23)C1. The highest BCUT2D eigenvalue weighted by Crippen LogP contribution is 2.38. The van der Waals surface area contributed by atoms with Crippen LogP contribution in [0.15, 0.2) is 60.9 Å². The summed E-state index contributed by atoms with van der Waals surface area (Å²) in [6, 6.07) is 16.5. The summed E-state index contributed by atoms with van der Waals surface area (Å²) < 4.78 is 0. The summed E-state index contributed by atoms with van der Waals surface area (Å²) in [7, 11) is 0. The number of pyridine rings is 1. The number of nitrogens with zero attached hydrogens (tertiary/aromatic N) is 4. The van der Waals surface area contributed by atoms with Gasteiger partial charge in [0, 0.05) is 42.5 Å². The highest BCUT2D eigenvalue weighted by molar-refractivity contribution is 7.22. The van der Waals surface area contributed by atoms with Crippen LogP contribution in [-0.2, 0) is 0 Å². The summed E-state index contributed by atoms with van der Waals surface area (Å²) in [5.74, 6) is 1.96. The molecule has 1 aliphatic rings. The lowest BCUT2D eigenvalue weighted by Gasteiger charge is -2.33. The van der Waals surface area contributed by atoms with Crippen LogP contribution in [-0.4, -0.2) is 39.8 Å². The Morgan fingerprint density at radius 1 is 1.07 bits per heavy atom. The Morgan fingerprint density at radius 2 is 1.93 bits per heavy atom. The van der Waals surface area contributed by atoms with Gasteiger partial charge in [-0.3, -0.25) is 4.98 Å². The van der Waals surface area contributed by atoms with E-state index in [-0.39, 0.29) is 6.61 Å². The van der Waals surface area contributed by atoms with Crippen molar-refractivity contribution in [1.82, 2.24) is 15.0 Å². The van der Waals surface area contributed by atoms with Gasteiger partial charge in [-0.15, -0.1) is 11.3 Å². The first-order chi connectivity index (χ1) is 14.3. The Kier molecular flexibility index (Phi) is 4.96. The number of rotatable bonds is 4. The van der Waals surface area contributed by atoms with Crippen LogP contribution in [0.1, 0.15) is 12.8 Å². The third kappa shape index (κ3) is 3.61. The highest BCUT2D eigenvalue weighted by atomic mass is 32.1. The molecule has 0 saturated carbocycles. The molecule has 1 aromatic carbocycles. The zero-order valence-electron chi connectivity index (χ0n) is 16.0. The molecular formula is C23H22N4OS. The highest BCUT2D eigenvalue weighted by Gasteiger charge is 2.24. The van der Waals surface area contributed by atoms with Gasteiger partial charge in [-0.1, -0.05) is 30.3 Å². The van der Waals surface area contributed by atoms with E-state index >= 15 is 0 Å². The van der Waals surface area contributed by atoms with E-state index in [9.17, 15) is 5.11 Å². The van der Waals surface area contributed by atoms with Gasteiger partial charge in [0.25, 0.3) is 0 Å². The second kappa shape index (κ2) is 7.89. The molecule has 1 aliphatic heterocycles. The molecule has 1 saturated heterocycles. The minimum atomic E-state index is 0.221. The molecule has 29 heavy (non-hydrogen) atoms. The summed E-state index contributed by atoms with van der Waals surface area (Å²) in [6.07, 6.45) is 5.70. The molecule has 1 atom stereocenters. The number of hydrogen-bond acceptors (Lipinski definition) is 6. The smallest absolute Gasteiger partial charge is 0.164 e. The molecule has 0 spiro atoms. The Balaban J connectivity index is 1.67. The van der Waals surface area contributed by atoms with Gasteiger partial charge in [0.15, 0.2) is 5.82 Å². The van der Waals surface area contributed by atoms with E-state index in [0.717, 1.165) is 47.5 Å². The molecule has 1 N–H and O–H groups in total. The van der Waals surface area contributed by atoms with Crippen molar-refractivity contribution in [3.63, 3.8) is 0 Å². The fourth-order valence-electron chi connectivity index (χ4n) is 3.92. The van der Waals surface area contributed by atoms with Crippen molar-refractivity contribution < 1.29 is 5.11 Å². The molecule has 1 unspecified atom stereocenters. The molecule has 6 heteroatoms. The summed E-state index contributed by atoms with van der Waals surface area (Å²) in [6.45, 7) is 2.00. The minimum absolute atomic E-state index is 0.221. The van der Waals surface area contributed by atoms with E-state index in [2.05, 4.69) is 40.2 Å². The zero-order chi connectivity index (χ0) is 19.6. The van der Waals surface area contributed by atoms with E-state index in [0.29, 0.717) is 11.7 Å². The Labute approximate surface area is 173 Å². The average molecular weight is 403 g/mol. The van der Waals surface area contributed by atoms with E-state index < -0.39 is 0 Å². The predicted octanol–water partition coefficient (Wildman–Crippen LogP) is 4.63. The van der Waals surface area contributed by atoms with Gasteiger partial charge >= 0.3 is 0 Å². The van der Waals surface area contributed by atoms with Crippen molar-refractivity contribution in [2.75, 3.05) is 24.6 Å². The van der Waals surface area contributed by atoms with Gasteiger partial charge < -0.3 is 10.0 Å². The third-order valence-corrected chi connectivity index (χ3v) is 6.51. The number of benzene rings is 1. The van der Waals surface area contributed by atoms with Crippen molar-refractivity contribution in [3.8, 4) is 21.8 Å². The molecule has 0 bridgehead atoms. The number of aliphatic hydroxyl groups excluding tert-OH is 1. The standard InChI is InChI=1S/C23H22N4OS/c28-15-16-6-5-11-27(14-16)22-19-12-20(17-7-2-1-3-8-17)29-23(19)26-21(25-22)18-9-4-10-24-13-18/h1-4,7-10,12-13,16,28H,5-6,11,14-15H2. The maximum atomic E-state index is 9.69. The maximum absolute atomic E-state index is 9.69. The molecule has 3 aromatic heterocycles. The molecule has 5 rings (SSSR count). The Morgan fingerprint density at radius 3 is 2.72 bits per heavy atom. The first kappa shape index (κ1) is 18.2. The fourth-order valence-corrected chi connectivity index (χ4v) is 4.95. The number of aromatic nitrogens is 3. The molecular weight excluding hydrogens is 380 g/mol. The zero-order valence-corrected chi connectivity index (χ0v) is 16.8. The normalized spacial score (nSPS) is 17.0. The summed E-state index contributed by atoms with van der Waals surface area (Å²) in [4.78, 5) is 18.6. The third-order valence-electron chi connectivity index (χ3n) is 5.43. The first-order valence-electron chi connectivity index (χ1n) is 9.95. The van der Waals surface area contributed by atoms with Crippen LogP contribution in [0.5, 0.6) is 0 Å². The van der Waals surface area contributed by atoms with Crippen LogP contribution in [0.2, 0.25) is 0 Å². The lowest BCUT2D eigenvalue weighted by Crippen LogP contribution is -2.37. The van der Waals surface area contributed by atoms with Gasteiger partial charge in [-0.25, -0.2) is 9.97 Å². The van der Waals surface area contributed by atoms with Gasteiger partial charge in [-0.2, -0.15) is 0 Å². The van der Waals surface area contributed by atoms with Crippen molar-refractivity contribution in [3.05, 3.63) is 60.9 Å². The molecule has 0 amide bonds. The van der Waals surface area contributed by atoms with Crippen LogP contribution >= 0.6 is 11.3 Å². The lowest BCUT2D eigenvalue weighted by molar-refractivity contribution is 0.208. The van der Waals surface area contributed by atoms with Gasteiger partial charge in [0.2, 0.25) is 0 Å². The number of hydrogen-bond donors (Lipinski definition) is 1. The number of fused-ring (bicyclic) bond motifs is 1. The van der Waals surface area contributed by atoms with E-state index in [1.807, 2.05) is 24.4 Å². The molecule has 4 heterocycles. The maximum Gasteiger partial charge on any atom is 0.164 e. The van der Waals surface area contributed by atoms with Gasteiger partial charge in [0.1, 0.15) is 10.6 Å². The monoisotopic (exact) mass is 402 g/mol. The van der Waals surface area contributed by atoms with Crippen LogP contribution in [0.3, 0.4) is 0 Å². The van der Waals surface area contributed by atoms with Crippen molar-refractivity contribution >= 4 is 27.4 Å². The van der Waals surface area contributed by atoms with Crippen LogP contribution in [0.4, 0.5) is 5.82 Å². The molecule has 4 aromatic rings. The van der Waals surface area contributed by atoms with Crippen molar-refractivity contribution in [1.29, 1.82) is 0 Å². The summed E-state index contributed by atoms with van der Waals surface area (Å²) >= 11 is 1.70. The Hall–Kier alpha value is -2.83. The van der Waals surface area contributed by atoms with Crippen molar-refractivity contribution in [2.45, 2.75) is 12.8 Å². The second-order valence-corrected chi connectivity index (χ2v) is 8.48. The van der Waals surface area contributed by atoms with Crippen LogP contribution in [0, 0.1) is 5.92 Å². The number of thiophene rings is 1. The largest absolute Gasteiger partial charge is 0.396 e. The molecule has 5 nitrogen and oxygen atoms in total. The molecule has 0 radical (unpaired) electrons.